The third kappa shape index (κ3) is 6.53. The van der Waals surface area contributed by atoms with Crippen molar-refractivity contribution in [1.82, 2.24) is 20.2 Å². The lowest BCUT2D eigenvalue weighted by Crippen LogP contribution is -2.44. The first-order valence-corrected chi connectivity index (χ1v) is 10.7. The summed E-state index contributed by atoms with van der Waals surface area (Å²) in [5.41, 5.74) is 2.17. The van der Waals surface area contributed by atoms with Crippen molar-refractivity contribution in [2.24, 2.45) is 4.99 Å². The number of aliphatic imine (C=N–C) groups is 1. The zero-order valence-corrected chi connectivity index (χ0v) is 20.8. The van der Waals surface area contributed by atoms with Gasteiger partial charge in [-0.25, -0.2) is 9.37 Å². The molecule has 2 N–H and O–H groups in total. The molecule has 1 aliphatic rings. The number of hydrogen-bond acceptors (Lipinski definition) is 4. The molecule has 0 amide bonds. The fourth-order valence-corrected chi connectivity index (χ4v) is 3.80. The monoisotopic (exact) mass is 562 g/mol. The Balaban J connectivity index is 0.00000306. The van der Waals surface area contributed by atoms with Gasteiger partial charge in [0.15, 0.2) is 17.6 Å². The van der Waals surface area contributed by atoms with Crippen LogP contribution in [0, 0.1) is 5.82 Å². The van der Waals surface area contributed by atoms with Gasteiger partial charge in [0.2, 0.25) is 0 Å². The van der Waals surface area contributed by atoms with Crippen molar-refractivity contribution in [2.75, 3.05) is 25.0 Å². The maximum Gasteiger partial charge on any atom is 0.250 e. The van der Waals surface area contributed by atoms with E-state index in [4.69, 9.17) is 0 Å². The Morgan fingerprint density at radius 1 is 1.15 bits per heavy atom. The molecule has 1 aromatic carbocycles. The molecule has 0 bridgehead atoms. The van der Waals surface area contributed by atoms with Crippen molar-refractivity contribution in [1.29, 1.82) is 0 Å². The lowest BCUT2D eigenvalue weighted by molar-refractivity contribution is 0.612. The molecule has 4 rings (SSSR count). The van der Waals surface area contributed by atoms with Crippen LogP contribution in [0.4, 0.5) is 10.2 Å². The van der Waals surface area contributed by atoms with E-state index >= 15 is 0 Å². The zero-order valence-electron chi connectivity index (χ0n) is 18.4. The summed E-state index contributed by atoms with van der Waals surface area (Å²) in [6.07, 6.45) is 4.28. The standard InChI is InChI=1S/C24H27FN6O.HI/c1-26-24(29-20-11-14-31(17-20)23-21(25)5-4-12-27-23)28-15-18-7-9-19(10-8-18)16-30-13-3-2-6-22(30)32;/h2-10,12-13,20H,11,14-17H2,1H3,(H2,26,28,29);1H. The summed E-state index contributed by atoms with van der Waals surface area (Å²) in [5.74, 6) is 0.812. The zero-order chi connectivity index (χ0) is 22.3. The van der Waals surface area contributed by atoms with Crippen LogP contribution in [0.1, 0.15) is 17.5 Å². The van der Waals surface area contributed by atoms with Crippen LogP contribution in [0.3, 0.4) is 0 Å². The Labute approximate surface area is 209 Å². The molecule has 0 radical (unpaired) electrons. The molecule has 1 saturated heterocycles. The quantitative estimate of drug-likeness (QED) is 0.275. The van der Waals surface area contributed by atoms with Gasteiger partial charge in [-0.1, -0.05) is 30.3 Å². The number of anilines is 1. The highest BCUT2D eigenvalue weighted by atomic mass is 127. The predicted molar refractivity (Wildman–Crippen MR) is 140 cm³/mol. The van der Waals surface area contributed by atoms with Crippen molar-refractivity contribution < 1.29 is 4.39 Å². The van der Waals surface area contributed by atoms with Crippen molar-refractivity contribution in [3.05, 3.63) is 94.3 Å². The van der Waals surface area contributed by atoms with E-state index in [1.807, 2.05) is 35.2 Å². The van der Waals surface area contributed by atoms with Crippen LogP contribution in [0.25, 0.3) is 0 Å². The maximum atomic E-state index is 14.0. The van der Waals surface area contributed by atoms with Gasteiger partial charge in [-0.2, -0.15) is 0 Å². The van der Waals surface area contributed by atoms with Crippen LogP contribution in [-0.4, -0.2) is 41.7 Å². The molecule has 0 spiro atoms. The highest BCUT2D eigenvalue weighted by Gasteiger charge is 2.25. The second-order valence-corrected chi connectivity index (χ2v) is 7.79. The molecular weight excluding hydrogens is 534 g/mol. The Hall–Kier alpha value is -2.95. The molecule has 3 aromatic rings. The van der Waals surface area contributed by atoms with E-state index in [9.17, 15) is 9.18 Å². The van der Waals surface area contributed by atoms with Crippen molar-refractivity contribution in [2.45, 2.75) is 25.6 Å². The average molecular weight is 562 g/mol. The minimum atomic E-state index is -0.295. The van der Waals surface area contributed by atoms with Crippen LogP contribution < -0.4 is 21.1 Å². The molecule has 1 unspecified atom stereocenters. The summed E-state index contributed by atoms with van der Waals surface area (Å²) in [4.78, 5) is 22.3. The molecule has 1 fully saturated rings. The number of rotatable bonds is 6. The van der Waals surface area contributed by atoms with Gasteiger partial charge in [0.25, 0.3) is 5.56 Å². The summed E-state index contributed by atoms with van der Waals surface area (Å²) in [6.45, 7) is 2.58. The van der Waals surface area contributed by atoms with Gasteiger partial charge in [-0.15, -0.1) is 24.0 Å². The van der Waals surface area contributed by atoms with Gasteiger partial charge >= 0.3 is 0 Å². The molecule has 174 valence electrons. The molecule has 3 heterocycles. The molecule has 0 aliphatic carbocycles. The number of pyridine rings is 2. The molecule has 1 aliphatic heterocycles. The highest BCUT2D eigenvalue weighted by Crippen LogP contribution is 2.20. The second kappa shape index (κ2) is 11.8. The minimum Gasteiger partial charge on any atom is -0.352 e. The fourth-order valence-electron chi connectivity index (χ4n) is 3.80. The lowest BCUT2D eigenvalue weighted by atomic mass is 10.1. The number of nitrogens with one attached hydrogen (secondary N) is 2. The summed E-state index contributed by atoms with van der Waals surface area (Å²) in [7, 11) is 1.74. The predicted octanol–water partition coefficient (Wildman–Crippen LogP) is 2.99. The van der Waals surface area contributed by atoms with Gasteiger partial charge < -0.3 is 20.1 Å². The minimum absolute atomic E-state index is 0. The SMILES string of the molecule is CN=C(NCc1ccc(Cn2ccccc2=O)cc1)NC1CCN(c2ncccc2F)C1.I. The number of aromatic nitrogens is 2. The van der Waals surface area contributed by atoms with Crippen molar-refractivity contribution >= 4 is 35.8 Å². The first-order chi connectivity index (χ1) is 15.6. The summed E-state index contributed by atoms with van der Waals surface area (Å²) in [6, 6.07) is 16.5. The summed E-state index contributed by atoms with van der Waals surface area (Å²) < 4.78 is 15.7. The first-order valence-electron chi connectivity index (χ1n) is 10.7. The first kappa shape index (κ1) is 24.7. The largest absolute Gasteiger partial charge is 0.352 e. The van der Waals surface area contributed by atoms with Gasteiger partial charge in [0.1, 0.15) is 0 Å². The van der Waals surface area contributed by atoms with E-state index in [0.717, 1.165) is 24.1 Å². The van der Waals surface area contributed by atoms with Crippen LogP contribution in [0.2, 0.25) is 0 Å². The van der Waals surface area contributed by atoms with Gasteiger partial charge in [-0.05, 0) is 35.7 Å². The molecule has 33 heavy (non-hydrogen) atoms. The van der Waals surface area contributed by atoms with Crippen molar-refractivity contribution in [3.63, 3.8) is 0 Å². The Morgan fingerprint density at radius 3 is 2.67 bits per heavy atom. The summed E-state index contributed by atoms with van der Waals surface area (Å²) in [5, 5.41) is 6.75. The molecular formula is C24H28FIN6O. The Morgan fingerprint density at radius 2 is 1.94 bits per heavy atom. The average Bonchev–Trinajstić information content (AvgIpc) is 3.27. The van der Waals surface area contributed by atoms with E-state index < -0.39 is 0 Å². The third-order valence-corrected chi connectivity index (χ3v) is 5.53. The number of halogens is 2. The van der Waals surface area contributed by atoms with Gasteiger partial charge in [-0.3, -0.25) is 9.79 Å². The van der Waals surface area contributed by atoms with E-state index in [1.54, 1.807) is 42.2 Å². The van der Waals surface area contributed by atoms with Gasteiger partial charge in [0, 0.05) is 51.2 Å². The normalized spacial score (nSPS) is 15.8. The number of nitrogens with zero attached hydrogens (tertiary/aromatic N) is 4. The third-order valence-electron chi connectivity index (χ3n) is 5.53. The second-order valence-electron chi connectivity index (χ2n) is 7.79. The van der Waals surface area contributed by atoms with Crippen LogP contribution in [0.5, 0.6) is 0 Å². The number of benzene rings is 1. The van der Waals surface area contributed by atoms with Crippen LogP contribution in [-0.2, 0) is 13.1 Å². The number of guanidine groups is 1. The van der Waals surface area contributed by atoms with Crippen molar-refractivity contribution in [3.8, 4) is 0 Å². The molecule has 2 aromatic heterocycles. The van der Waals surface area contributed by atoms with Crippen LogP contribution in [0.15, 0.2) is 76.8 Å². The van der Waals surface area contributed by atoms with E-state index in [1.165, 1.54) is 6.07 Å². The maximum absolute atomic E-state index is 14.0. The molecule has 9 heteroatoms. The van der Waals surface area contributed by atoms with E-state index in [-0.39, 0.29) is 41.4 Å². The Kier molecular flexibility index (Phi) is 8.81. The molecule has 7 nitrogen and oxygen atoms in total. The lowest BCUT2D eigenvalue weighted by Gasteiger charge is -2.20. The van der Waals surface area contributed by atoms with Gasteiger partial charge in [0.05, 0.1) is 6.54 Å². The smallest absolute Gasteiger partial charge is 0.250 e. The topological polar surface area (TPSA) is 74.6 Å². The van der Waals surface area contributed by atoms with Crippen LogP contribution >= 0.6 is 24.0 Å². The summed E-state index contributed by atoms with van der Waals surface area (Å²) >= 11 is 0. The fraction of sp³-hybridized carbons (Fsp3) is 0.292. The Bertz CT molecular complexity index is 1130. The van der Waals surface area contributed by atoms with E-state index in [0.29, 0.717) is 31.4 Å². The molecule has 0 saturated carbocycles. The highest BCUT2D eigenvalue weighted by molar-refractivity contribution is 14.0. The van der Waals surface area contributed by atoms with E-state index in [2.05, 4.69) is 20.6 Å². The number of hydrogen-bond donors (Lipinski definition) is 2. The molecule has 1 atom stereocenters.